The largest absolute Gasteiger partial charge is 0.391 e. The molecule has 5 atom stereocenters. The van der Waals surface area contributed by atoms with E-state index in [4.69, 9.17) is 14.2 Å². The second-order valence-corrected chi connectivity index (χ2v) is 9.72. The monoisotopic (exact) mass is 518 g/mol. The van der Waals surface area contributed by atoms with Crippen LogP contribution >= 0.6 is 0 Å². The number of nitrogens with one attached hydrogen (secondary N) is 1. The first kappa shape index (κ1) is 28.7. The summed E-state index contributed by atoms with van der Waals surface area (Å²) in [5.41, 5.74) is 0.134. The third kappa shape index (κ3) is 7.36. The van der Waals surface area contributed by atoms with E-state index in [0.29, 0.717) is 18.7 Å². The second kappa shape index (κ2) is 13.1. The highest BCUT2D eigenvalue weighted by Crippen LogP contribution is 2.36. The van der Waals surface area contributed by atoms with Crippen LogP contribution in [0.25, 0.3) is 0 Å². The first-order valence-corrected chi connectivity index (χ1v) is 12.4. The maximum Gasteiger partial charge on any atom is 0.335 e. The molecule has 0 unspecified atom stereocenters. The molecule has 37 heavy (non-hydrogen) atoms. The maximum atomic E-state index is 13.4. The summed E-state index contributed by atoms with van der Waals surface area (Å²) in [4.78, 5) is 40.5. The zero-order chi connectivity index (χ0) is 27.1. The van der Waals surface area contributed by atoms with Gasteiger partial charge in [0, 0.05) is 30.8 Å². The Labute approximate surface area is 216 Å². The Morgan fingerprint density at radius 1 is 1.24 bits per heavy atom. The van der Waals surface area contributed by atoms with Crippen molar-refractivity contribution in [3.63, 3.8) is 0 Å². The highest BCUT2D eigenvalue weighted by molar-refractivity contribution is 5.77. The standard InChI is InChI=1S/C26H38N4O7/c1-17-13-29(26(34)30(24(17)33)16-35-14-20-9-7-6-8-10-20)25-23(18(2)22(37-25)19(3)31)36-15-21(32)27-11-12-28(4)5/h6-10,13,18-19,22-23,25,31H,11-12,14-16H2,1-5H3,(H,27,32)/t18-,19-,22+,23-,25-/m1/s1. The minimum atomic E-state index is -0.948. The lowest BCUT2D eigenvalue weighted by molar-refractivity contribution is -0.132. The fraction of sp³-hybridized carbons (Fsp3) is 0.577. The average molecular weight is 519 g/mol. The van der Waals surface area contributed by atoms with Gasteiger partial charge in [0.15, 0.2) is 6.23 Å². The summed E-state index contributed by atoms with van der Waals surface area (Å²) in [7, 11) is 3.82. The van der Waals surface area contributed by atoms with Gasteiger partial charge in [0.05, 0.1) is 18.8 Å². The topological polar surface area (TPSA) is 124 Å². The molecule has 2 heterocycles. The summed E-state index contributed by atoms with van der Waals surface area (Å²) in [6.45, 7) is 5.95. The van der Waals surface area contributed by atoms with E-state index < -0.39 is 35.8 Å². The van der Waals surface area contributed by atoms with Gasteiger partial charge in [-0.1, -0.05) is 37.3 Å². The van der Waals surface area contributed by atoms with Gasteiger partial charge in [-0.2, -0.15) is 0 Å². The fourth-order valence-electron chi connectivity index (χ4n) is 4.35. The minimum Gasteiger partial charge on any atom is -0.391 e. The number of benzene rings is 1. The van der Waals surface area contributed by atoms with E-state index >= 15 is 0 Å². The van der Waals surface area contributed by atoms with Crippen molar-refractivity contribution in [2.24, 2.45) is 5.92 Å². The van der Waals surface area contributed by atoms with Gasteiger partial charge in [-0.25, -0.2) is 9.36 Å². The molecular weight excluding hydrogens is 480 g/mol. The predicted octanol–water partition coefficient (Wildman–Crippen LogP) is 0.470. The Morgan fingerprint density at radius 2 is 1.95 bits per heavy atom. The van der Waals surface area contributed by atoms with Crippen molar-refractivity contribution in [1.82, 2.24) is 19.4 Å². The summed E-state index contributed by atoms with van der Waals surface area (Å²) in [6.07, 6.45) is -1.71. The van der Waals surface area contributed by atoms with Crippen molar-refractivity contribution in [3.8, 4) is 0 Å². The van der Waals surface area contributed by atoms with Crippen LogP contribution < -0.4 is 16.6 Å². The molecule has 1 fully saturated rings. The normalized spacial score (nSPS) is 22.4. The maximum absolute atomic E-state index is 13.4. The lowest BCUT2D eigenvalue weighted by Crippen LogP contribution is -2.45. The van der Waals surface area contributed by atoms with Crippen molar-refractivity contribution in [2.45, 2.75) is 58.6 Å². The molecule has 3 rings (SSSR count). The fourth-order valence-corrected chi connectivity index (χ4v) is 4.35. The number of likely N-dealkylation sites (N-methyl/N-ethyl adjacent to an activating group) is 1. The van der Waals surface area contributed by atoms with Crippen molar-refractivity contribution in [3.05, 3.63) is 68.5 Å². The molecule has 1 amide bonds. The quantitative estimate of drug-likeness (QED) is 0.416. The van der Waals surface area contributed by atoms with E-state index in [1.807, 2.05) is 56.3 Å². The average Bonchev–Trinajstić information content (AvgIpc) is 3.18. The number of carbonyl (C=O) groups excluding carboxylic acids is 1. The molecule has 204 valence electrons. The molecule has 1 aromatic carbocycles. The van der Waals surface area contributed by atoms with Gasteiger partial charge >= 0.3 is 5.69 Å². The number of aromatic nitrogens is 2. The number of hydrogen-bond donors (Lipinski definition) is 2. The van der Waals surface area contributed by atoms with Crippen LogP contribution in [0.5, 0.6) is 0 Å². The summed E-state index contributed by atoms with van der Waals surface area (Å²) in [5.74, 6) is -0.627. The number of aryl methyl sites for hydroxylation is 1. The molecule has 11 nitrogen and oxygen atoms in total. The Morgan fingerprint density at radius 3 is 2.59 bits per heavy atom. The Balaban J connectivity index is 1.81. The van der Waals surface area contributed by atoms with Crippen LogP contribution in [0.1, 0.15) is 31.2 Å². The number of ether oxygens (including phenoxy) is 3. The van der Waals surface area contributed by atoms with Gasteiger partial charge in [-0.3, -0.25) is 14.2 Å². The third-order valence-electron chi connectivity index (χ3n) is 6.35. The van der Waals surface area contributed by atoms with Crippen LogP contribution in [0.2, 0.25) is 0 Å². The molecule has 0 bridgehead atoms. The Bertz CT molecular complexity index is 1150. The lowest BCUT2D eigenvalue weighted by atomic mass is 9.97. The van der Waals surface area contributed by atoms with Crippen LogP contribution in [-0.4, -0.2) is 77.2 Å². The van der Waals surface area contributed by atoms with Crippen LogP contribution in [-0.2, 0) is 32.3 Å². The third-order valence-corrected chi connectivity index (χ3v) is 6.35. The van der Waals surface area contributed by atoms with E-state index in [1.54, 1.807) is 13.8 Å². The highest BCUT2D eigenvalue weighted by atomic mass is 16.6. The van der Waals surface area contributed by atoms with Gasteiger partial charge in [0.1, 0.15) is 19.4 Å². The highest BCUT2D eigenvalue weighted by Gasteiger charge is 2.46. The Kier molecular flexibility index (Phi) is 10.2. The predicted molar refractivity (Wildman–Crippen MR) is 137 cm³/mol. The zero-order valence-corrected chi connectivity index (χ0v) is 22.1. The molecule has 0 aliphatic carbocycles. The molecule has 1 saturated heterocycles. The zero-order valence-electron chi connectivity index (χ0n) is 22.1. The van der Waals surface area contributed by atoms with Gasteiger partial charge in [0.2, 0.25) is 5.91 Å². The van der Waals surface area contributed by atoms with E-state index in [-0.39, 0.29) is 31.8 Å². The molecule has 2 aromatic rings. The molecule has 0 saturated carbocycles. The van der Waals surface area contributed by atoms with E-state index in [1.165, 1.54) is 10.8 Å². The molecule has 1 aromatic heterocycles. The first-order valence-electron chi connectivity index (χ1n) is 12.4. The molecule has 11 heteroatoms. The number of aliphatic hydroxyl groups excluding tert-OH is 1. The SMILES string of the molecule is Cc1cn([C@@H]2O[C@H]([C@@H](C)O)[C@@H](C)[C@H]2OCC(=O)NCCN(C)C)c(=O)n(COCc2ccccc2)c1=O. The molecular formula is C26H38N4O7. The van der Waals surface area contributed by atoms with E-state index in [9.17, 15) is 19.5 Å². The number of hydrogen-bond acceptors (Lipinski definition) is 8. The van der Waals surface area contributed by atoms with Gasteiger partial charge < -0.3 is 29.5 Å². The van der Waals surface area contributed by atoms with Crippen LogP contribution in [0.15, 0.2) is 46.1 Å². The summed E-state index contributed by atoms with van der Waals surface area (Å²) in [6, 6.07) is 9.43. The van der Waals surface area contributed by atoms with Crippen LogP contribution in [0, 0.1) is 12.8 Å². The van der Waals surface area contributed by atoms with E-state index in [0.717, 1.165) is 10.1 Å². The number of aliphatic hydroxyl groups is 1. The van der Waals surface area contributed by atoms with Crippen LogP contribution in [0.4, 0.5) is 0 Å². The van der Waals surface area contributed by atoms with Crippen molar-refractivity contribution in [2.75, 3.05) is 33.8 Å². The van der Waals surface area contributed by atoms with Gasteiger partial charge in [-0.15, -0.1) is 0 Å². The lowest BCUT2D eigenvalue weighted by Gasteiger charge is -2.24. The van der Waals surface area contributed by atoms with Crippen LogP contribution in [0.3, 0.4) is 0 Å². The molecule has 1 aliphatic rings. The number of amides is 1. The smallest absolute Gasteiger partial charge is 0.335 e. The van der Waals surface area contributed by atoms with Gasteiger partial charge in [0.25, 0.3) is 5.56 Å². The number of nitrogens with zero attached hydrogens (tertiary/aromatic N) is 3. The molecule has 2 N–H and O–H groups in total. The van der Waals surface area contributed by atoms with Crippen molar-refractivity contribution in [1.29, 1.82) is 0 Å². The first-order chi connectivity index (χ1) is 17.6. The summed E-state index contributed by atoms with van der Waals surface area (Å²) < 4.78 is 20.0. The Hall–Kier alpha value is -2.83. The van der Waals surface area contributed by atoms with E-state index in [2.05, 4.69) is 5.32 Å². The van der Waals surface area contributed by atoms with Crippen molar-refractivity contribution >= 4 is 5.91 Å². The number of rotatable bonds is 12. The summed E-state index contributed by atoms with van der Waals surface area (Å²) >= 11 is 0. The second-order valence-electron chi connectivity index (χ2n) is 9.72. The number of carbonyl (C=O) groups is 1. The minimum absolute atomic E-state index is 0.233. The molecule has 0 spiro atoms. The molecule has 1 aliphatic heterocycles. The summed E-state index contributed by atoms with van der Waals surface area (Å²) in [5, 5.41) is 13.1. The van der Waals surface area contributed by atoms with Crippen molar-refractivity contribution < 1.29 is 24.1 Å². The van der Waals surface area contributed by atoms with Gasteiger partial charge in [-0.05, 0) is 33.5 Å². The molecule has 0 radical (unpaired) electrons.